The van der Waals surface area contributed by atoms with Crippen molar-refractivity contribution in [3.05, 3.63) is 35.2 Å². The molecule has 4 heteroatoms. The molecule has 0 saturated carbocycles. The summed E-state index contributed by atoms with van der Waals surface area (Å²) in [6.07, 6.45) is 0. The summed E-state index contributed by atoms with van der Waals surface area (Å²) in [5, 5.41) is 1.12. The van der Waals surface area contributed by atoms with Crippen molar-refractivity contribution in [3.8, 4) is 0 Å². The van der Waals surface area contributed by atoms with Crippen LogP contribution in [0.4, 0.5) is 0 Å². The Morgan fingerprint density at radius 2 is 2.12 bits per heavy atom. The second-order valence-electron chi connectivity index (χ2n) is 4.38. The maximum absolute atomic E-state index is 11.8. The second-order valence-corrected chi connectivity index (χ2v) is 5.46. The van der Waals surface area contributed by atoms with E-state index in [2.05, 4.69) is 24.7 Å². The zero-order valence-corrected chi connectivity index (χ0v) is 10.8. The largest absolute Gasteiger partial charge is 0.287 e. The van der Waals surface area contributed by atoms with E-state index in [1.807, 2.05) is 30.3 Å². The summed E-state index contributed by atoms with van der Waals surface area (Å²) < 4.78 is 1.14. The summed E-state index contributed by atoms with van der Waals surface area (Å²) in [6.45, 7) is 4.97. The molecular formula is C13H16N2OS. The fourth-order valence-corrected chi connectivity index (χ4v) is 2.45. The summed E-state index contributed by atoms with van der Waals surface area (Å²) in [6, 6.07) is 9.93. The Hall–Kier alpha value is -1.39. The number of fused-ring (bicyclic) bond motifs is 1. The lowest BCUT2D eigenvalue weighted by molar-refractivity contribution is 0.0935. The molecule has 0 atom stereocenters. The van der Waals surface area contributed by atoms with Crippen LogP contribution in [-0.4, -0.2) is 12.5 Å². The van der Waals surface area contributed by atoms with Gasteiger partial charge in [0, 0.05) is 11.2 Å². The van der Waals surface area contributed by atoms with E-state index in [4.69, 9.17) is 0 Å². The van der Waals surface area contributed by atoms with Crippen molar-refractivity contribution in [2.45, 2.75) is 13.8 Å². The van der Waals surface area contributed by atoms with E-state index in [0.717, 1.165) is 21.5 Å². The van der Waals surface area contributed by atoms with Crippen molar-refractivity contribution in [2.24, 2.45) is 5.92 Å². The quantitative estimate of drug-likeness (QED) is 0.817. The number of hydrogen-bond donors (Lipinski definition) is 2. The van der Waals surface area contributed by atoms with Crippen LogP contribution in [-0.2, 0) is 0 Å². The zero-order valence-electron chi connectivity index (χ0n) is 9.99. The number of rotatable bonds is 4. The van der Waals surface area contributed by atoms with Gasteiger partial charge in [-0.3, -0.25) is 10.2 Å². The lowest BCUT2D eigenvalue weighted by Gasteiger charge is -2.07. The molecule has 2 rings (SSSR count). The number of hydrogen-bond acceptors (Lipinski definition) is 3. The smallest absolute Gasteiger partial charge is 0.275 e. The molecular weight excluding hydrogens is 232 g/mol. The highest BCUT2D eigenvalue weighted by Crippen LogP contribution is 2.24. The van der Waals surface area contributed by atoms with Crippen LogP contribution in [0.1, 0.15) is 23.5 Å². The SMILES string of the molecule is CC(C)CNNC(=O)c1cc2ccccc2s1. The molecule has 1 amide bonds. The van der Waals surface area contributed by atoms with E-state index < -0.39 is 0 Å². The number of benzene rings is 1. The van der Waals surface area contributed by atoms with E-state index in [1.165, 1.54) is 11.3 Å². The van der Waals surface area contributed by atoms with Crippen molar-refractivity contribution in [2.75, 3.05) is 6.54 Å². The molecule has 0 aliphatic heterocycles. The van der Waals surface area contributed by atoms with Crippen LogP contribution in [0.5, 0.6) is 0 Å². The summed E-state index contributed by atoms with van der Waals surface area (Å²) in [7, 11) is 0. The average Bonchev–Trinajstić information content (AvgIpc) is 2.71. The number of amides is 1. The van der Waals surface area contributed by atoms with Gasteiger partial charge < -0.3 is 0 Å². The van der Waals surface area contributed by atoms with E-state index in [-0.39, 0.29) is 5.91 Å². The summed E-state index contributed by atoms with van der Waals surface area (Å²) in [4.78, 5) is 12.6. The van der Waals surface area contributed by atoms with Gasteiger partial charge in [0.2, 0.25) is 0 Å². The first-order valence-electron chi connectivity index (χ1n) is 5.68. The molecule has 0 unspecified atom stereocenters. The third kappa shape index (κ3) is 3.05. The van der Waals surface area contributed by atoms with Crippen LogP contribution in [0.2, 0.25) is 0 Å². The maximum Gasteiger partial charge on any atom is 0.275 e. The van der Waals surface area contributed by atoms with Gasteiger partial charge in [0.25, 0.3) is 5.91 Å². The Kier molecular flexibility index (Phi) is 3.76. The van der Waals surface area contributed by atoms with Gasteiger partial charge in [0.1, 0.15) is 0 Å². The predicted octanol–water partition coefficient (Wildman–Crippen LogP) is 2.79. The van der Waals surface area contributed by atoms with Gasteiger partial charge in [0.05, 0.1) is 4.88 Å². The van der Waals surface area contributed by atoms with Gasteiger partial charge in [-0.05, 0) is 23.4 Å². The minimum absolute atomic E-state index is 0.0631. The fourth-order valence-electron chi connectivity index (χ4n) is 1.49. The van der Waals surface area contributed by atoms with Gasteiger partial charge >= 0.3 is 0 Å². The average molecular weight is 248 g/mol. The van der Waals surface area contributed by atoms with Crippen molar-refractivity contribution in [1.82, 2.24) is 10.9 Å². The topological polar surface area (TPSA) is 41.1 Å². The first kappa shape index (κ1) is 12.1. The van der Waals surface area contributed by atoms with Gasteiger partial charge in [-0.25, -0.2) is 5.43 Å². The monoisotopic (exact) mass is 248 g/mol. The number of hydrazine groups is 1. The highest BCUT2D eigenvalue weighted by Gasteiger charge is 2.09. The molecule has 0 fully saturated rings. The predicted molar refractivity (Wildman–Crippen MR) is 72.1 cm³/mol. The van der Waals surface area contributed by atoms with Crippen LogP contribution < -0.4 is 10.9 Å². The third-order valence-electron chi connectivity index (χ3n) is 2.36. The Balaban J connectivity index is 2.04. The standard InChI is InChI=1S/C13H16N2OS/c1-9(2)8-14-15-13(16)12-7-10-5-3-4-6-11(10)17-12/h3-7,9,14H,8H2,1-2H3,(H,15,16). The van der Waals surface area contributed by atoms with E-state index in [1.54, 1.807) is 0 Å². The van der Waals surface area contributed by atoms with Crippen molar-refractivity contribution >= 4 is 27.3 Å². The minimum Gasteiger partial charge on any atom is -0.287 e. The molecule has 0 saturated heterocycles. The highest BCUT2D eigenvalue weighted by atomic mass is 32.1. The maximum atomic E-state index is 11.8. The molecule has 1 aromatic carbocycles. The van der Waals surface area contributed by atoms with Crippen molar-refractivity contribution in [3.63, 3.8) is 0 Å². The molecule has 90 valence electrons. The fraction of sp³-hybridized carbons (Fsp3) is 0.308. The molecule has 1 heterocycles. The number of thiophene rings is 1. The summed E-state index contributed by atoms with van der Waals surface area (Å²) in [5.41, 5.74) is 5.65. The number of nitrogens with one attached hydrogen (secondary N) is 2. The normalized spacial score (nSPS) is 11.0. The molecule has 2 aromatic rings. The molecule has 0 radical (unpaired) electrons. The molecule has 2 N–H and O–H groups in total. The number of carbonyl (C=O) groups excluding carboxylic acids is 1. The van der Waals surface area contributed by atoms with Crippen molar-refractivity contribution < 1.29 is 4.79 Å². The molecule has 17 heavy (non-hydrogen) atoms. The Morgan fingerprint density at radius 1 is 1.35 bits per heavy atom. The van der Waals surface area contributed by atoms with Gasteiger partial charge in [0.15, 0.2) is 0 Å². The van der Waals surface area contributed by atoms with E-state index in [0.29, 0.717) is 5.92 Å². The zero-order chi connectivity index (χ0) is 12.3. The summed E-state index contributed by atoms with van der Waals surface area (Å²) >= 11 is 1.51. The summed E-state index contributed by atoms with van der Waals surface area (Å²) in [5.74, 6) is 0.449. The molecule has 0 aliphatic rings. The van der Waals surface area contributed by atoms with Crippen molar-refractivity contribution in [1.29, 1.82) is 0 Å². The lowest BCUT2D eigenvalue weighted by atomic mass is 10.2. The van der Waals surface area contributed by atoms with Gasteiger partial charge in [-0.2, -0.15) is 0 Å². The van der Waals surface area contributed by atoms with E-state index in [9.17, 15) is 4.79 Å². The first-order chi connectivity index (χ1) is 8.16. The Morgan fingerprint density at radius 3 is 2.82 bits per heavy atom. The van der Waals surface area contributed by atoms with Gasteiger partial charge in [-0.1, -0.05) is 32.0 Å². The van der Waals surface area contributed by atoms with Crippen LogP contribution in [0.3, 0.4) is 0 Å². The van der Waals surface area contributed by atoms with Crippen LogP contribution >= 0.6 is 11.3 Å². The highest BCUT2D eigenvalue weighted by molar-refractivity contribution is 7.20. The van der Waals surface area contributed by atoms with Crippen LogP contribution in [0.15, 0.2) is 30.3 Å². The first-order valence-corrected chi connectivity index (χ1v) is 6.50. The molecule has 1 aromatic heterocycles. The third-order valence-corrected chi connectivity index (χ3v) is 3.48. The molecule has 0 aliphatic carbocycles. The van der Waals surface area contributed by atoms with Gasteiger partial charge in [-0.15, -0.1) is 11.3 Å². The van der Waals surface area contributed by atoms with E-state index >= 15 is 0 Å². The molecule has 0 bridgehead atoms. The molecule has 0 spiro atoms. The minimum atomic E-state index is -0.0631. The second kappa shape index (κ2) is 5.29. The van der Waals surface area contributed by atoms with Crippen LogP contribution in [0, 0.1) is 5.92 Å². The Bertz CT molecular complexity index is 486. The lowest BCUT2D eigenvalue weighted by Crippen LogP contribution is -2.39. The number of carbonyl (C=O) groups is 1. The van der Waals surface area contributed by atoms with Crippen LogP contribution in [0.25, 0.3) is 10.1 Å². The Labute approximate surface area is 105 Å². The molecule has 3 nitrogen and oxygen atoms in total.